The molecule has 1 atom stereocenters. The van der Waals surface area contributed by atoms with Crippen LogP contribution < -0.4 is 5.11 Å². The van der Waals surface area contributed by atoms with E-state index < -0.39 is 23.1 Å². The van der Waals surface area contributed by atoms with Gasteiger partial charge in [0.25, 0.3) is 0 Å². The molecular weight excluding hydrogens is 307 g/mol. The maximum Gasteiger partial charge on any atom is 0.416 e. The minimum atomic E-state index is -4.46. The third-order valence-electron chi connectivity index (χ3n) is 3.02. The van der Waals surface area contributed by atoms with Crippen molar-refractivity contribution in [3.63, 3.8) is 0 Å². The summed E-state index contributed by atoms with van der Waals surface area (Å²) in [7, 11) is 0. The maximum atomic E-state index is 12.7. The van der Waals surface area contributed by atoms with Gasteiger partial charge in [0.2, 0.25) is 5.91 Å². The molecule has 0 bridgehead atoms. The molecule has 1 aliphatic heterocycles. The molecule has 0 unspecified atom stereocenters. The first-order chi connectivity index (χ1) is 9.79. The fourth-order valence-electron chi connectivity index (χ4n) is 2.05. The summed E-state index contributed by atoms with van der Waals surface area (Å²) < 4.78 is 38.1. The Morgan fingerprint density at radius 2 is 2.14 bits per heavy atom. The van der Waals surface area contributed by atoms with Crippen LogP contribution in [0.4, 0.5) is 13.2 Å². The highest BCUT2D eigenvalue weighted by atomic mass is 32.2. The number of hydrogen-bond acceptors (Lipinski definition) is 4. The zero-order valence-corrected chi connectivity index (χ0v) is 11.5. The molecule has 1 saturated heterocycles. The Kier molecular flexibility index (Phi) is 4.46. The number of carbonyl (C=O) groups excluding carboxylic acids is 2. The number of halogens is 3. The Morgan fingerprint density at radius 1 is 1.43 bits per heavy atom. The van der Waals surface area contributed by atoms with Crippen molar-refractivity contribution < 1.29 is 27.9 Å². The number of carboxylic acid groups (broad SMARTS) is 1. The second kappa shape index (κ2) is 5.97. The fourth-order valence-corrected chi connectivity index (χ4v) is 3.26. The van der Waals surface area contributed by atoms with Crippen LogP contribution in [-0.4, -0.2) is 29.1 Å². The van der Waals surface area contributed by atoms with Gasteiger partial charge in [0.15, 0.2) is 0 Å². The van der Waals surface area contributed by atoms with Gasteiger partial charge in [-0.05, 0) is 17.7 Å². The van der Waals surface area contributed by atoms with Crippen molar-refractivity contribution in [3.8, 4) is 0 Å². The SMILES string of the molecule is O=C([O-])CCN1C(=O)CS[C@@H]1c1cccc(C(F)(F)F)c1. The van der Waals surface area contributed by atoms with E-state index in [1.165, 1.54) is 28.8 Å². The molecule has 2 rings (SSSR count). The van der Waals surface area contributed by atoms with Crippen LogP contribution >= 0.6 is 11.8 Å². The van der Waals surface area contributed by atoms with E-state index in [1.54, 1.807) is 0 Å². The van der Waals surface area contributed by atoms with Crippen molar-refractivity contribution in [1.82, 2.24) is 4.90 Å². The summed E-state index contributed by atoms with van der Waals surface area (Å²) in [5.41, 5.74) is -0.459. The lowest BCUT2D eigenvalue weighted by molar-refractivity contribution is -0.305. The molecule has 0 saturated carbocycles. The molecule has 0 N–H and O–H groups in total. The van der Waals surface area contributed by atoms with Gasteiger partial charge >= 0.3 is 6.18 Å². The summed E-state index contributed by atoms with van der Waals surface area (Å²) in [6.07, 6.45) is -4.80. The molecule has 0 aromatic heterocycles. The van der Waals surface area contributed by atoms with E-state index in [9.17, 15) is 27.9 Å². The number of thioether (sulfide) groups is 1. The minimum Gasteiger partial charge on any atom is -0.550 e. The Labute approximate surface area is 122 Å². The van der Waals surface area contributed by atoms with Crippen molar-refractivity contribution in [3.05, 3.63) is 35.4 Å². The smallest absolute Gasteiger partial charge is 0.416 e. The molecule has 4 nitrogen and oxygen atoms in total. The van der Waals surface area contributed by atoms with Crippen LogP contribution in [0.1, 0.15) is 22.9 Å². The van der Waals surface area contributed by atoms with Gasteiger partial charge in [0.05, 0.1) is 11.3 Å². The molecule has 1 heterocycles. The van der Waals surface area contributed by atoms with Gasteiger partial charge in [-0.1, -0.05) is 12.1 Å². The minimum absolute atomic E-state index is 0.0743. The molecule has 1 aliphatic rings. The van der Waals surface area contributed by atoms with Crippen LogP contribution in [0.2, 0.25) is 0 Å². The van der Waals surface area contributed by atoms with Crippen molar-refractivity contribution in [2.24, 2.45) is 0 Å². The quantitative estimate of drug-likeness (QED) is 0.842. The van der Waals surface area contributed by atoms with Crippen molar-refractivity contribution >= 4 is 23.6 Å². The first-order valence-corrected chi connectivity index (χ1v) is 7.12. The summed E-state index contributed by atoms with van der Waals surface area (Å²) in [5.74, 6) is -1.47. The largest absolute Gasteiger partial charge is 0.550 e. The van der Waals surface area contributed by atoms with Crippen molar-refractivity contribution in [1.29, 1.82) is 0 Å². The van der Waals surface area contributed by atoms with E-state index in [2.05, 4.69) is 0 Å². The highest BCUT2D eigenvalue weighted by Gasteiger charge is 2.35. The molecule has 0 aliphatic carbocycles. The van der Waals surface area contributed by atoms with Crippen LogP contribution in [0.5, 0.6) is 0 Å². The van der Waals surface area contributed by atoms with Gasteiger partial charge in [-0.3, -0.25) is 4.79 Å². The normalized spacial score (nSPS) is 19.1. The standard InChI is InChI=1S/C13H12F3NO3S/c14-13(15,16)9-3-1-2-8(6-9)12-17(5-4-11(19)20)10(18)7-21-12/h1-3,6,12H,4-5,7H2,(H,19,20)/p-1/t12-/m1/s1. The number of rotatable bonds is 4. The van der Waals surface area contributed by atoms with Gasteiger partial charge in [-0.15, -0.1) is 11.8 Å². The topological polar surface area (TPSA) is 60.4 Å². The van der Waals surface area contributed by atoms with Crippen LogP contribution in [-0.2, 0) is 15.8 Å². The number of carboxylic acids is 1. The van der Waals surface area contributed by atoms with Crippen molar-refractivity contribution in [2.45, 2.75) is 18.0 Å². The number of hydrogen-bond donors (Lipinski definition) is 0. The summed E-state index contributed by atoms with van der Waals surface area (Å²) in [6, 6.07) is 4.72. The number of aliphatic carboxylic acids is 1. The van der Waals surface area contributed by atoms with Gasteiger partial charge in [-0.25, -0.2) is 0 Å². The molecule has 21 heavy (non-hydrogen) atoms. The lowest BCUT2D eigenvalue weighted by Gasteiger charge is -2.25. The fraction of sp³-hybridized carbons (Fsp3) is 0.385. The number of alkyl halides is 3. The molecule has 1 aromatic rings. The molecule has 114 valence electrons. The molecule has 1 fully saturated rings. The lowest BCUT2D eigenvalue weighted by atomic mass is 10.1. The summed E-state index contributed by atoms with van der Waals surface area (Å²) >= 11 is 1.18. The number of nitrogens with zero attached hydrogens (tertiary/aromatic N) is 1. The monoisotopic (exact) mass is 318 g/mol. The average Bonchev–Trinajstić information content (AvgIpc) is 2.77. The van der Waals surface area contributed by atoms with Gasteiger partial charge in [0.1, 0.15) is 5.37 Å². The molecular formula is C13H11F3NO3S-. The zero-order chi connectivity index (χ0) is 15.6. The second-order valence-corrected chi connectivity index (χ2v) is 5.56. The molecule has 1 amide bonds. The van der Waals surface area contributed by atoms with Crippen LogP contribution in [0.15, 0.2) is 24.3 Å². The van der Waals surface area contributed by atoms with Crippen LogP contribution in [0.25, 0.3) is 0 Å². The Hall–Kier alpha value is -1.70. The summed E-state index contributed by atoms with van der Waals surface area (Å²) in [6.45, 7) is -0.0743. The second-order valence-electron chi connectivity index (χ2n) is 4.50. The van der Waals surface area contributed by atoms with Crippen LogP contribution in [0.3, 0.4) is 0 Å². The van der Waals surface area contributed by atoms with Gasteiger partial charge in [-0.2, -0.15) is 13.2 Å². The van der Waals surface area contributed by atoms with E-state index >= 15 is 0 Å². The van der Waals surface area contributed by atoms with Gasteiger partial charge < -0.3 is 14.8 Å². The lowest BCUT2D eigenvalue weighted by Crippen LogP contribution is -2.33. The highest BCUT2D eigenvalue weighted by molar-refractivity contribution is 8.00. The first-order valence-electron chi connectivity index (χ1n) is 6.07. The van der Waals surface area contributed by atoms with E-state index in [4.69, 9.17) is 0 Å². The Morgan fingerprint density at radius 3 is 2.76 bits per heavy atom. The van der Waals surface area contributed by atoms with E-state index in [0.717, 1.165) is 12.1 Å². The number of carbonyl (C=O) groups is 2. The average molecular weight is 318 g/mol. The Balaban J connectivity index is 2.23. The Bertz CT molecular complexity index is 562. The number of benzene rings is 1. The molecule has 1 aromatic carbocycles. The van der Waals surface area contributed by atoms with E-state index in [-0.39, 0.29) is 24.6 Å². The third-order valence-corrected chi connectivity index (χ3v) is 4.28. The van der Waals surface area contributed by atoms with E-state index in [1.807, 2.05) is 0 Å². The van der Waals surface area contributed by atoms with Crippen LogP contribution in [0, 0.1) is 0 Å². The molecule has 0 spiro atoms. The predicted octanol–water partition coefficient (Wildman–Crippen LogP) is 1.42. The first kappa shape index (κ1) is 15.7. The number of amides is 1. The van der Waals surface area contributed by atoms with Crippen molar-refractivity contribution in [2.75, 3.05) is 12.3 Å². The molecule has 0 radical (unpaired) electrons. The van der Waals surface area contributed by atoms with Gasteiger partial charge in [0, 0.05) is 18.9 Å². The summed E-state index contributed by atoms with van der Waals surface area (Å²) in [5, 5.41) is 9.89. The maximum absolute atomic E-state index is 12.7. The summed E-state index contributed by atoms with van der Waals surface area (Å²) in [4.78, 5) is 23.5. The van der Waals surface area contributed by atoms with E-state index in [0.29, 0.717) is 5.56 Å². The predicted molar refractivity (Wildman–Crippen MR) is 68.0 cm³/mol. The highest BCUT2D eigenvalue weighted by Crippen LogP contribution is 2.40. The molecule has 8 heteroatoms. The zero-order valence-electron chi connectivity index (χ0n) is 10.7. The third kappa shape index (κ3) is 3.69.